The molecule has 88 valence electrons. The molecule has 0 bridgehead atoms. The normalized spacial score (nSPS) is 10.4. The number of aromatic nitrogens is 2. The number of amides is 1. The second-order valence-electron chi connectivity index (χ2n) is 3.70. The molecule has 0 saturated heterocycles. The van der Waals surface area contributed by atoms with Gasteiger partial charge in [0, 0.05) is 19.0 Å². The summed E-state index contributed by atoms with van der Waals surface area (Å²) in [5, 5.41) is 13.1. The summed E-state index contributed by atoms with van der Waals surface area (Å²) < 4.78 is 1.53. The molecule has 7 nitrogen and oxygen atoms in total. The number of carbonyl (C=O) groups is 1. The summed E-state index contributed by atoms with van der Waals surface area (Å²) in [6.45, 7) is 4.14. The van der Waals surface area contributed by atoms with Gasteiger partial charge in [-0.1, -0.05) is 0 Å². The van der Waals surface area contributed by atoms with Gasteiger partial charge in [-0.25, -0.2) is 0 Å². The Labute approximate surface area is 92.6 Å². The van der Waals surface area contributed by atoms with E-state index >= 15 is 0 Å². The molecule has 1 amide bonds. The molecule has 16 heavy (non-hydrogen) atoms. The average molecular weight is 226 g/mol. The van der Waals surface area contributed by atoms with E-state index in [0.29, 0.717) is 6.54 Å². The smallest absolute Gasteiger partial charge is 0.358 e. The van der Waals surface area contributed by atoms with Crippen LogP contribution in [0.3, 0.4) is 0 Å². The molecular formula is C9H14N4O3. The van der Waals surface area contributed by atoms with Crippen molar-refractivity contribution in [2.75, 3.05) is 0 Å². The van der Waals surface area contributed by atoms with Crippen molar-refractivity contribution in [3.05, 3.63) is 22.6 Å². The van der Waals surface area contributed by atoms with Crippen LogP contribution in [-0.4, -0.2) is 26.4 Å². The Balaban J connectivity index is 2.42. The van der Waals surface area contributed by atoms with E-state index < -0.39 is 4.92 Å². The van der Waals surface area contributed by atoms with E-state index in [0.717, 1.165) is 0 Å². The highest BCUT2D eigenvalue weighted by Gasteiger charge is 2.10. The van der Waals surface area contributed by atoms with Gasteiger partial charge in [0.2, 0.25) is 12.2 Å². The van der Waals surface area contributed by atoms with E-state index in [1.54, 1.807) is 0 Å². The van der Waals surface area contributed by atoms with Gasteiger partial charge in [0.15, 0.2) is 0 Å². The fourth-order valence-electron chi connectivity index (χ4n) is 1.19. The number of imidazole rings is 1. The highest BCUT2D eigenvalue weighted by Crippen LogP contribution is 2.05. The number of rotatable bonds is 5. The quantitative estimate of drug-likeness (QED) is 0.591. The van der Waals surface area contributed by atoms with E-state index in [4.69, 9.17) is 0 Å². The molecule has 1 rings (SSSR count). The lowest BCUT2D eigenvalue weighted by Crippen LogP contribution is -2.30. The summed E-state index contributed by atoms with van der Waals surface area (Å²) in [7, 11) is 0. The first kappa shape index (κ1) is 12.2. The highest BCUT2D eigenvalue weighted by atomic mass is 16.6. The van der Waals surface area contributed by atoms with Gasteiger partial charge < -0.3 is 20.0 Å². The van der Waals surface area contributed by atoms with Crippen molar-refractivity contribution in [2.45, 2.75) is 32.9 Å². The Morgan fingerprint density at radius 1 is 1.69 bits per heavy atom. The monoisotopic (exact) mass is 226 g/mol. The Hall–Kier alpha value is -1.92. The van der Waals surface area contributed by atoms with E-state index in [2.05, 4.69) is 10.3 Å². The number of hydrogen-bond donors (Lipinski definition) is 1. The molecule has 0 unspecified atom stereocenters. The van der Waals surface area contributed by atoms with Crippen molar-refractivity contribution in [1.29, 1.82) is 0 Å². The lowest BCUT2D eigenvalue weighted by atomic mass is 10.3. The third-order valence-electron chi connectivity index (χ3n) is 1.85. The van der Waals surface area contributed by atoms with Crippen LogP contribution in [0.5, 0.6) is 0 Å². The average Bonchev–Trinajstić information content (AvgIpc) is 2.61. The Bertz CT molecular complexity index is 386. The minimum Gasteiger partial charge on any atom is -0.358 e. The fraction of sp³-hybridized carbons (Fsp3) is 0.556. The lowest BCUT2D eigenvalue weighted by molar-refractivity contribution is -0.389. The zero-order chi connectivity index (χ0) is 12.1. The van der Waals surface area contributed by atoms with Crippen molar-refractivity contribution in [2.24, 2.45) is 0 Å². The van der Waals surface area contributed by atoms with Gasteiger partial charge in [-0.05, 0) is 23.8 Å². The SMILES string of the molecule is CC(C)NC(=O)CCn1cnc([N+](=O)[O-])c1. The lowest BCUT2D eigenvalue weighted by Gasteiger charge is -2.07. The molecule has 0 spiro atoms. The number of nitrogens with zero attached hydrogens (tertiary/aromatic N) is 3. The third-order valence-corrected chi connectivity index (χ3v) is 1.85. The molecule has 0 saturated carbocycles. The number of carbonyl (C=O) groups excluding carboxylic acids is 1. The second-order valence-corrected chi connectivity index (χ2v) is 3.70. The molecule has 0 atom stereocenters. The molecule has 0 radical (unpaired) electrons. The van der Waals surface area contributed by atoms with Gasteiger partial charge in [0.05, 0.1) is 0 Å². The molecule has 1 heterocycles. The number of nitrogens with one attached hydrogen (secondary N) is 1. The summed E-state index contributed by atoms with van der Waals surface area (Å²) >= 11 is 0. The van der Waals surface area contributed by atoms with Crippen LogP contribution in [-0.2, 0) is 11.3 Å². The van der Waals surface area contributed by atoms with Crippen LogP contribution in [0, 0.1) is 10.1 Å². The van der Waals surface area contributed by atoms with Crippen molar-refractivity contribution < 1.29 is 9.72 Å². The van der Waals surface area contributed by atoms with Crippen molar-refractivity contribution in [1.82, 2.24) is 14.9 Å². The zero-order valence-corrected chi connectivity index (χ0v) is 9.21. The Morgan fingerprint density at radius 2 is 2.38 bits per heavy atom. The van der Waals surface area contributed by atoms with Crippen LogP contribution in [0.4, 0.5) is 5.82 Å². The van der Waals surface area contributed by atoms with Gasteiger partial charge in [0.25, 0.3) is 0 Å². The summed E-state index contributed by atoms with van der Waals surface area (Å²) in [6.07, 6.45) is 2.94. The molecule has 1 N–H and O–H groups in total. The van der Waals surface area contributed by atoms with Crippen LogP contribution >= 0.6 is 0 Å². The fourth-order valence-corrected chi connectivity index (χ4v) is 1.19. The van der Waals surface area contributed by atoms with Crippen molar-refractivity contribution in [3.8, 4) is 0 Å². The predicted molar refractivity (Wildman–Crippen MR) is 56.8 cm³/mol. The molecule has 1 aromatic rings. The first-order valence-corrected chi connectivity index (χ1v) is 4.94. The molecule has 0 fully saturated rings. The molecule has 0 aliphatic heterocycles. The molecule has 0 aliphatic rings. The first-order chi connectivity index (χ1) is 7.49. The van der Waals surface area contributed by atoms with Crippen LogP contribution in [0.1, 0.15) is 20.3 Å². The summed E-state index contributed by atoms with van der Waals surface area (Å²) in [5.74, 6) is -0.282. The van der Waals surface area contributed by atoms with Crippen molar-refractivity contribution >= 4 is 11.7 Å². The number of nitro groups is 1. The number of hydrogen-bond acceptors (Lipinski definition) is 4. The van der Waals surface area contributed by atoms with Crippen LogP contribution in [0.15, 0.2) is 12.5 Å². The first-order valence-electron chi connectivity index (χ1n) is 4.94. The van der Waals surface area contributed by atoms with Gasteiger partial charge in [-0.15, -0.1) is 0 Å². The summed E-state index contributed by atoms with van der Waals surface area (Å²) in [4.78, 5) is 24.7. The third kappa shape index (κ3) is 3.68. The van der Waals surface area contributed by atoms with Crippen LogP contribution < -0.4 is 5.32 Å². The van der Waals surface area contributed by atoms with E-state index in [9.17, 15) is 14.9 Å². The van der Waals surface area contributed by atoms with Gasteiger partial charge >= 0.3 is 5.82 Å². The van der Waals surface area contributed by atoms with E-state index in [-0.39, 0.29) is 24.2 Å². The standard InChI is InChI=1S/C9H14N4O3/c1-7(2)11-9(14)3-4-12-5-8(10-6-12)13(15)16/h5-7H,3-4H2,1-2H3,(H,11,14). The molecule has 7 heteroatoms. The maximum atomic E-state index is 11.3. The van der Waals surface area contributed by atoms with E-state index in [1.165, 1.54) is 17.1 Å². The Kier molecular flexibility index (Phi) is 3.98. The van der Waals surface area contributed by atoms with Gasteiger partial charge in [-0.2, -0.15) is 0 Å². The van der Waals surface area contributed by atoms with Crippen LogP contribution in [0.2, 0.25) is 0 Å². The maximum Gasteiger partial charge on any atom is 0.381 e. The summed E-state index contributed by atoms with van der Waals surface area (Å²) in [5.41, 5.74) is 0. The Morgan fingerprint density at radius 3 is 2.88 bits per heavy atom. The van der Waals surface area contributed by atoms with Gasteiger partial charge in [0.1, 0.15) is 6.20 Å². The minimum absolute atomic E-state index is 0.0775. The predicted octanol–water partition coefficient (Wildman–Crippen LogP) is 0.706. The molecular weight excluding hydrogens is 212 g/mol. The summed E-state index contributed by atoms with van der Waals surface area (Å²) in [6, 6.07) is 0.102. The molecule has 0 aromatic carbocycles. The molecule has 0 aliphatic carbocycles. The minimum atomic E-state index is -0.565. The largest absolute Gasteiger partial charge is 0.381 e. The second kappa shape index (κ2) is 5.24. The zero-order valence-electron chi connectivity index (χ0n) is 9.21. The molecule has 1 aromatic heterocycles. The van der Waals surface area contributed by atoms with E-state index in [1.807, 2.05) is 13.8 Å². The topological polar surface area (TPSA) is 90.1 Å². The van der Waals surface area contributed by atoms with Crippen LogP contribution in [0.25, 0.3) is 0 Å². The van der Waals surface area contributed by atoms with Gasteiger partial charge in [-0.3, -0.25) is 4.79 Å². The highest BCUT2D eigenvalue weighted by molar-refractivity contribution is 5.76. The number of aryl methyl sites for hydroxylation is 1. The maximum absolute atomic E-state index is 11.3. The van der Waals surface area contributed by atoms with Crippen molar-refractivity contribution in [3.63, 3.8) is 0 Å².